The minimum Gasteiger partial charge on any atom is -0.385 e. The zero-order chi connectivity index (χ0) is 13.7. The maximum absolute atomic E-state index is 12.2. The standard InChI is InChI=1S/C14H18N4O/c1-3-15-13-6-4-12(5-7-13)14(19)18(2)10-11-8-16-17-9-11/h4-9,15H,3,10H2,1-2H3,(H,16,17). The third-order valence-corrected chi connectivity index (χ3v) is 2.83. The van der Waals surface area contributed by atoms with Gasteiger partial charge in [0.2, 0.25) is 0 Å². The third kappa shape index (κ3) is 3.34. The fraction of sp³-hybridized carbons (Fsp3) is 0.286. The van der Waals surface area contributed by atoms with E-state index in [2.05, 4.69) is 15.5 Å². The van der Waals surface area contributed by atoms with Gasteiger partial charge in [-0.3, -0.25) is 9.89 Å². The summed E-state index contributed by atoms with van der Waals surface area (Å²) in [6.45, 7) is 3.45. The number of hydrogen-bond acceptors (Lipinski definition) is 3. The van der Waals surface area contributed by atoms with Crippen LogP contribution in [0.1, 0.15) is 22.8 Å². The Morgan fingerprint density at radius 3 is 2.68 bits per heavy atom. The first-order valence-electron chi connectivity index (χ1n) is 6.27. The molecule has 0 spiro atoms. The molecule has 0 aliphatic rings. The summed E-state index contributed by atoms with van der Waals surface area (Å²) in [5, 5.41) is 9.81. The van der Waals surface area contributed by atoms with Crippen molar-refractivity contribution in [3.05, 3.63) is 47.8 Å². The van der Waals surface area contributed by atoms with E-state index in [4.69, 9.17) is 0 Å². The first-order chi connectivity index (χ1) is 9.20. The van der Waals surface area contributed by atoms with Crippen molar-refractivity contribution in [3.8, 4) is 0 Å². The molecule has 0 saturated carbocycles. The Kier molecular flexibility index (Phi) is 4.18. The predicted octanol–water partition coefficient (Wildman–Crippen LogP) is 2.11. The molecule has 0 aliphatic heterocycles. The Morgan fingerprint density at radius 1 is 1.37 bits per heavy atom. The highest BCUT2D eigenvalue weighted by Gasteiger charge is 2.12. The number of aromatic nitrogens is 2. The molecule has 0 unspecified atom stereocenters. The van der Waals surface area contributed by atoms with Gasteiger partial charge in [-0.15, -0.1) is 0 Å². The molecule has 0 saturated heterocycles. The molecule has 1 aromatic carbocycles. The monoisotopic (exact) mass is 258 g/mol. The maximum atomic E-state index is 12.2. The van der Waals surface area contributed by atoms with E-state index in [9.17, 15) is 4.79 Å². The number of rotatable bonds is 5. The lowest BCUT2D eigenvalue weighted by molar-refractivity contribution is 0.0785. The quantitative estimate of drug-likeness (QED) is 0.863. The Morgan fingerprint density at radius 2 is 2.11 bits per heavy atom. The van der Waals surface area contributed by atoms with Crippen molar-refractivity contribution < 1.29 is 4.79 Å². The van der Waals surface area contributed by atoms with E-state index >= 15 is 0 Å². The average Bonchev–Trinajstić information content (AvgIpc) is 2.92. The fourth-order valence-electron chi connectivity index (χ4n) is 1.86. The lowest BCUT2D eigenvalue weighted by atomic mass is 10.1. The van der Waals surface area contributed by atoms with Crippen LogP contribution in [0.15, 0.2) is 36.7 Å². The first-order valence-corrected chi connectivity index (χ1v) is 6.27. The van der Waals surface area contributed by atoms with Gasteiger partial charge in [0.1, 0.15) is 0 Å². The van der Waals surface area contributed by atoms with Crippen LogP contribution >= 0.6 is 0 Å². The number of H-pyrrole nitrogens is 1. The highest BCUT2D eigenvalue weighted by atomic mass is 16.2. The SMILES string of the molecule is CCNc1ccc(C(=O)N(C)Cc2cn[nH]c2)cc1. The summed E-state index contributed by atoms with van der Waals surface area (Å²) < 4.78 is 0. The molecule has 5 nitrogen and oxygen atoms in total. The second-order valence-corrected chi connectivity index (χ2v) is 4.38. The zero-order valence-corrected chi connectivity index (χ0v) is 11.2. The summed E-state index contributed by atoms with van der Waals surface area (Å²) in [4.78, 5) is 13.9. The summed E-state index contributed by atoms with van der Waals surface area (Å²) >= 11 is 0. The molecule has 2 aromatic rings. The van der Waals surface area contributed by atoms with Crippen molar-refractivity contribution in [2.45, 2.75) is 13.5 Å². The van der Waals surface area contributed by atoms with Crippen molar-refractivity contribution in [2.75, 3.05) is 18.9 Å². The van der Waals surface area contributed by atoms with Crippen LogP contribution < -0.4 is 5.32 Å². The highest BCUT2D eigenvalue weighted by molar-refractivity contribution is 5.94. The summed E-state index contributed by atoms with van der Waals surface area (Å²) in [6.07, 6.45) is 3.51. The normalized spacial score (nSPS) is 10.2. The number of hydrogen-bond donors (Lipinski definition) is 2. The van der Waals surface area contributed by atoms with Gasteiger partial charge in [-0.1, -0.05) is 0 Å². The Balaban J connectivity index is 2.02. The Bertz CT molecular complexity index is 519. The molecule has 1 heterocycles. The molecule has 19 heavy (non-hydrogen) atoms. The van der Waals surface area contributed by atoms with Crippen molar-refractivity contribution in [1.82, 2.24) is 15.1 Å². The van der Waals surface area contributed by atoms with E-state index < -0.39 is 0 Å². The molecule has 1 amide bonds. The van der Waals surface area contributed by atoms with E-state index in [1.54, 1.807) is 24.3 Å². The van der Waals surface area contributed by atoms with E-state index in [1.165, 1.54) is 0 Å². The number of carbonyl (C=O) groups is 1. The van der Waals surface area contributed by atoms with E-state index in [0.717, 1.165) is 17.8 Å². The fourth-order valence-corrected chi connectivity index (χ4v) is 1.86. The van der Waals surface area contributed by atoms with Crippen molar-refractivity contribution in [3.63, 3.8) is 0 Å². The van der Waals surface area contributed by atoms with Crippen molar-refractivity contribution >= 4 is 11.6 Å². The molecule has 2 rings (SSSR count). The van der Waals surface area contributed by atoms with E-state index in [-0.39, 0.29) is 5.91 Å². The summed E-state index contributed by atoms with van der Waals surface area (Å²) in [7, 11) is 1.79. The van der Waals surface area contributed by atoms with Crippen LogP contribution in [-0.2, 0) is 6.54 Å². The molecule has 0 bridgehead atoms. The molecule has 100 valence electrons. The van der Waals surface area contributed by atoms with Gasteiger partial charge < -0.3 is 10.2 Å². The largest absolute Gasteiger partial charge is 0.385 e. The minimum absolute atomic E-state index is 0.00393. The molecule has 0 fully saturated rings. The molecule has 5 heteroatoms. The number of amides is 1. The van der Waals surface area contributed by atoms with Gasteiger partial charge in [-0.2, -0.15) is 5.10 Å². The van der Waals surface area contributed by atoms with Gasteiger partial charge >= 0.3 is 0 Å². The molecule has 1 aromatic heterocycles. The number of nitrogens with one attached hydrogen (secondary N) is 2. The molecular weight excluding hydrogens is 240 g/mol. The summed E-state index contributed by atoms with van der Waals surface area (Å²) in [6, 6.07) is 7.52. The third-order valence-electron chi connectivity index (χ3n) is 2.83. The number of anilines is 1. The van der Waals surface area contributed by atoms with Crippen molar-refractivity contribution in [2.24, 2.45) is 0 Å². The molecule has 0 atom stereocenters. The molecular formula is C14H18N4O. The van der Waals surface area contributed by atoms with E-state index in [0.29, 0.717) is 12.1 Å². The molecule has 0 aliphatic carbocycles. The lowest BCUT2D eigenvalue weighted by Gasteiger charge is -2.16. The van der Waals surface area contributed by atoms with Crippen LogP contribution in [0.2, 0.25) is 0 Å². The minimum atomic E-state index is 0.00393. The van der Waals surface area contributed by atoms with Crippen LogP contribution in [-0.4, -0.2) is 34.6 Å². The topological polar surface area (TPSA) is 61.0 Å². The van der Waals surface area contributed by atoms with Gasteiger partial charge in [-0.25, -0.2) is 0 Å². The molecule has 0 radical (unpaired) electrons. The molecule has 2 N–H and O–H groups in total. The number of nitrogens with zero attached hydrogens (tertiary/aromatic N) is 2. The summed E-state index contributed by atoms with van der Waals surface area (Å²) in [5.74, 6) is 0.00393. The zero-order valence-electron chi connectivity index (χ0n) is 11.2. The van der Waals surface area contributed by atoms with Crippen LogP contribution in [0.5, 0.6) is 0 Å². The van der Waals surface area contributed by atoms with Crippen molar-refractivity contribution in [1.29, 1.82) is 0 Å². The van der Waals surface area contributed by atoms with E-state index in [1.807, 2.05) is 31.2 Å². The Hall–Kier alpha value is -2.30. The average molecular weight is 258 g/mol. The predicted molar refractivity (Wildman–Crippen MR) is 75.0 cm³/mol. The maximum Gasteiger partial charge on any atom is 0.253 e. The highest BCUT2D eigenvalue weighted by Crippen LogP contribution is 2.12. The second-order valence-electron chi connectivity index (χ2n) is 4.38. The van der Waals surface area contributed by atoms with Gasteiger partial charge in [-0.05, 0) is 31.2 Å². The van der Waals surface area contributed by atoms with Crippen LogP contribution in [0.3, 0.4) is 0 Å². The number of carbonyl (C=O) groups excluding carboxylic acids is 1. The smallest absolute Gasteiger partial charge is 0.253 e. The first kappa shape index (κ1) is 13.1. The van der Waals surface area contributed by atoms with Gasteiger partial charge in [0.05, 0.1) is 6.20 Å². The van der Waals surface area contributed by atoms with Gasteiger partial charge in [0.15, 0.2) is 0 Å². The number of aromatic amines is 1. The number of benzene rings is 1. The lowest BCUT2D eigenvalue weighted by Crippen LogP contribution is -2.25. The van der Waals surface area contributed by atoms with Gasteiger partial charge in [0.25, 0.3) is 5.91 Å². The Labute approximate surface area is 112 Å². The van der Waals surface area contributed by atoms with Gasteiger partial charge in [0, 0.05) is 43.1 Å². The van der Waals surface area contributed by atoms with Crippen LogP contribution in [0.4, 0.5) is 5.69 Å². The second kappa shape index (κ2) is 6.04. The van der Waals surface area contributed by atoms with Crippen LogP contribution in [0.25, 0.3) is 0 Å². The van der Waals surface area contributed by atoms with Crippen LogP contribution in [0, 0.1) is 0 Å². The summed E-state index contributed by atoms with van der Waals surface area (Å²) in [5.41, 5.74) is 2.70.